The van der Waals surface area contributed by atoms with Crippen molar-refractivity contribution >= 4 is 5.91 Å². The zero-order valence-electron chi connectivity index (χ0n) is 11.3. The molecule has 0 saturated heterocycles. The number of aryl methyl sites for hydroxylation is 1. The van der Waals surface area contributed by atoms with Gasteiger partial charge in [0.05, 0.1) is 0 Å². The monoisotopic (exact) mass is 276 g/mol. The molecule has 0 unspecified atom stereocenters. The van der Waals surface area contributed by atoms with Crippen LogP contribution in [0.3, 0.4) is 0 Å². The van der Waals surface area contributed by atoms with Gasteiger partial charge < -0.3 is 5.32 Å². The van der Waals surface area contributed by atoms with Crippen LogP contribution < -0.4 is 5.32 Å². The van der Waals surface area contributed by atoms with Crippen molar-refractivity contribution in [3.8, 4) is 0 Å². The number of hydrogen-bond donors (Lipinski definition) is 2. The molecule has 2 N–H and O–H groups in total. The number of aromatic amines is 1. The first-order valence-corrected chi connectivity index (χ1v) is 6.63. The Bertz CT molecular complexity index is 582. The lowest BCUT2D eigenvalue weighted by Gasteiger charge is -2.03. The largest absolute Gasteiger partial charge is 0.349 e. The third kappa shape index (κ3) is 3.88. The molecule has 0 atom stereocenters. The number of amides is 1. The number of rotatable bonds is 6. The summed E-state index contributed by atoms with van der Waals surface area (Å²) in [6.07, 6.45) is 2.27. The molecule has 6 heteroatoms. The molecule has 0 radical (unpaired) electrons. The predicted molar refractivity (Wildman–Crippen MR) is 72.8 cm³/mol. The molecule has 0 saturated carbocycles. The SMILES string of the molecule is CCCc1nc(C(=O)NCCc2cccc(F)c2)n[nH]1. The molecular formula is C14H17FN4O. The number of carbonyl (C=O) groups is 1. The predicted octanol–water partition coefficient (Wildman–Crippen LogP) is 1.87. The molecule has 0 spiro atoms. The van der Waals surface area contributed by atoms with Gasteiger partial charge in [-0.3, -0.25) is 9.89 Å². The van der Waals surface area contributed by atoms with E-state index in [-0.39, 0.29) is 17.5 Å². The highest BCUT2D eigenvalue weighted by Gasteiger charge is 2.11. The Kier molecular flexibility index (Phi) is 4.81. The van der Waals surface area contributed by atoms with E-state index in [1.807, 2.05) is 13.0 Å². The van der Waals surface area contributed by atoms with Gasteiger partial charge in [-0.05, 0) is 30.5 Å². The quantitative estimate of drug-likeness (QED) is 0.846. The molecule has 1 amide bonds. The molecule has 0 aliphatic heterocycles. The Morgan fingerprint density at radius 1 is 1.40 bits per heavy atom. The number of benzene rings is 1. The topological polar surface area (TPSA) is 70.7 Å². The summed E-state index contributed by atoms with van der Waals surface area (Å²) in [5, 5.41) is 9.31. The van der Waals surface area contributed by atoms with Gasteiger partial charge in [0.1, 0.15) is 11.6 Å². The maximum atomic E-state index is 13.0. The van der Waals surface area contributed by atoms with Gasteiger partial charge in [0.15, 0.2) is 0 Å². The molecule has 0 bridgehead atoms. The minimum absolute atomic E-state index is 0.146. The van der Waals surface area contributed by atoms with Crippen molar-refractivity contribution in [2.24, 2.45) is 0 Å². The molecule has 5 nitrogen and oxygen atoms in total. The average Bonchev–Trinajstić information content (AvgIpc) is 2.88. The van der Waals surface area contributed by atoms with Crippen molar-refractivity contribution in [2.45, 2.75) is 26.2 Å². The Labute approximate surface area is 116 Å². The molecule has 0 aliphatic rings. The van der Waals surface area contributed by atoms with Crippen LogP contribution in [-0.4, -0.2) is 27.6 Å². The highest BCUT2D eigenvalue weighted by Crippen LogP contribution is 2.03. The Morgan fingerprint density at radius 2 is 2.25 bits per heavy atom. The van der Waals surface area contributed by atoms with E-state index >= 15 is 0 Å². The van der Waals surface area contributed by atoms with Gasteiger partial charge in [-0.2, -0.15) is 0 Å². The van der Waals surface area contributed by atoms with Crippen molar-refractivity contribution in [3.63, 3.8) is 0 Å². The van der Waals surface area contributed by atoms with E-state index in [1.165, 1.54) is 12.1 Å². The van der Waals surface area contributed by atoms with E-state index in [1.54, 1.807) is 6.07 Å². The van der Waals surface area contributed by atoms with Gasteiger partial charge >= 0.3 is 0 Å². The number of H-pyrrole nitrogens is 1. The van der Waals surface area contributed by atoms with E-state index in [0.717, 1.165) is 18.4 Å². The van der Waals surface area contributed by atoms with Crippen LogP contribution in [0, 0.1) is 5.82 Å². The molecule has 0 aliphatic carbocycles. The number of nitrogens with zero attached hydrogens (tertiary/aromatic N) is 2. The first kappa shape index (κ1) is 14.2. The second kappa shape index (κ2) is 6.79. The lowest BCUT2D eigenvalue weighted by atomic mass is 10.1. The smallest absolute Gasteiger partial charge is 0.290 e. The maximum Gasteiger partial charge on any atom is 0.290 e. The number of carbonyl (C=O) groups excluding carboxylic acids is 1. The third-order valence-electron chi connectivity index (χ3n) is 2.81. The number of aromatic nitrogens is 3. The van der Waals surface area contributed by atoms with Crippen LogP contribution in [-0.2, 0) is 12.8 Å². The normalized spacial score (nSPS) is 10.5. The first-order chi connectivity index (χ1) is 9.69. The molecule has 1 heterocycles. The van der Waals surface area contributed by atoms with Crippen molar-refractivity contribution in [1.29, 1.82) is 0 Å². The van der Waals surface area contributed by atoms with E-state index in [2.05, 4.69) is 20.5 Å². The fraction of sp³-hybridized carbons (Fsp3) is 0.357. The summed E-state index contributed by atoms with van der Waals surface area (Å²) in [7, 11) is 0. The summed E-state index contributed by atoms with van der Waals surface area (Å²) in [6, 6.07) is 6.32. The fourth-order valence-electron chi connectivity index (χ4n) is 1.84. The molecule has 0 fully saturated rings. The number of halogens is 1. The van der Waals surface area contributed by atoms with E-state index in [4.69, 9.17) is 0 Å². The van der Waals surface area contributed by atoms with Crippen LogP contribution in [0.5, 0.6) is 0 Å². The maximum absolute atomic E-state index is 13.0. The average molecular weight is 276 g/mol. The number of hydrogen-bond acceptors (Lipinski definition) is 3. The second-order valence-electron chi connectivity index (χ2n) is 4.49. The summed E-state index contributed by atoms with van der Waals surface area (Å²) < 4.78 is 13.0. The van der Waals surface area contributed by atoms with Crippen molar-refractivity contribution in [2.75, 3.05) is 6.54 Å². The van der Waals surface area contributed by atoms with Gasteiger partial charge in [-0.15, -0.1) is 5.10 Å². The van der Waals surface area contributed by atoms with Gasteiger partial charge in [0.2, 0.25) is 5.82 Å². The summed E-state index contributed by atoms with van der Waals surface area (Å²) in [6.45, 7) is 2.45. The lowest BCUT2D eigenvalue weighted by molar-refractivity contribution is 0.0944. The Balaban J connectivity index is 1.82. The molecule has 1 aromatic carbocycles. The van der Waals surface area contributed by atoms with Crippen LogP contribution in [0.1, 0.15) is 35.4 Å². The third-order valence-corrected chi connectivity index (χ3v) is 2.81. The zero-order chi connectivity index (χ0) is 14.4. The highest BCUT2D eigenvalue weighted by molar-refractivity contribution is 5.90. The van der Waals surface area contributed by atoms with Crippen molar-refractivity contribution < 1.29 is 9.18 Å². The van der Waals surface area contributed by atoms with Crippen LogP contribution in [0.4, 0.5) is 4.39 Å². The molecule has 20 heavy (non-hydrogen) atoms. The minimum Gasteiger partial charge on any atom is -0.349 e. The van der Waals surface area contributed by atoms with Crippen LogP contribution >= 0.6 is 0 Å². The molecule has 106 valence electrons. The molecule has 1 aromatic heterocycles. The zero-order valence-corrected chi connectivity index (χ0v) is 11.3. The van der Waals surface area contributed by atoms with Gasteiger partial charge in [-0.25, -0.2) is 9.37 Å². The molecule has 2 rings (SSSR count). The van der Waals surface area contributed by atoms with E-state index < -0.39 is 0 Å². The van der Waals surface area contributed by atoms with Crippen molar-refractivity contribution in [1.82, 2.24) is 20.5 Å². The lowest BCUT2D eigenvalue weighted by Crippen LogP contribution is -2.26. The Morgan fingerprint density at radius 3 is 3.00 bits per heavy atom. The summed E-state index contributed by atoms with van der Waals surface area (Å²) in [5.41, 5.74) is 0.840. The fourth-order valence-corrected chi connectivity index (χ4v) is 1.84. The standard InChI is InChI=1S/C14H17FN4O/c1-2-4-12-17-13(19-18-12)14(20)16-8-7-10-5-3-6-11(15)9-10/h3,5-6,9H,2,4,7-8H2,1H3,(H,16,20)(H,17,18,19). The molecular weight excluding hydrogens is 259 g/mol. The molecule has 2 aromatic rings. The minimum atomic E-state index is -0.319. The number of nitrogens with one attached hydrogen (secondary N) is 2. The second-order valence-corrected chi connectivity index (χ2v) is 4.49. The van der Waals surface area contributed by atoms with Gasteiger partial charge in [0, 0.05) is 13.0 Å². The van der Waals surface area contributed by atoms with Gasteiger partial charge in [0.25, 0.3) is 5.91 Å². The van der Waals surface area contributed by atoms with Crippen LogP contribution in [0.15, 0.2) is 24.3 Å². The van der Waals surface area contributed by atoms with E-state index in [0.29, 0.717) is 18.8 Å². The summed E-state index contributed by atoms with van der Waals surface area (Å²) in [4.78, 5) is 15.9. The van der Waals surface area contributed by atoms with Gasteiger partial charge in [-0.1, -0.05) is 19.1 Å². The summed E-state index contributed by atoms with van der Waals surface area (Å²) in [5.74, 6) is 0.266. The van der Waals surface area contributed by atoms with Crippen molar-refractivity contribution in [3.05, 3.63) is 47.3 Å². The Hall–Kier alpha value is -2.24. The first-order valence-electron chi connectivity index (χ1n) is 6.63. The van der Waals surface area contributed by atoms with E-state index in [9.17, 15) is 9.18 Å². The van der Waals surface area contributed by atoms with Crippen LogP contribution in [0.25, 0.3) is 0 Å². The summed E-state index contributed by atoms with van der Waals surface area (Å²) >= 11 is 0. The highest BCUT2D eigenvalue weighted by atomic mass is 19.1. The van der Waals surface area contributed by atoms with Crippen LogP contribution in [0.2, 0.25) is 0 Å².